The first kappa shape index (κ1) is 12.9. The van der Waals surface area contributed by atoms with Crippen LogP contribution < -0.4 is 5.32 Å². The van der Waals surface area contributed by atoms with Gasteiger partial charge in [-0.3, -0.25) is 4.79 Å². The topological polar surface area (TPSA) is 54.9 Å². The molecule has 2 aromatic rings. The number of carbonyl (C=O) groups excluding carboxylic acids is 1. The summed E-state index contributed by atoms with van der Waals surface area (Å²) in [6.07, 6.45) is 0. The van der Waals surface area contributed by atoms with E-state index in [1.165, 1.54) is 24.3 Å². The number of rotatable bonds is 2. The maximum Gasteiger partial charge on any atom is 0.258 e. The standard InChI is InChI=1S/C11H6BrClFN3O/c12-8-2-1-6(14)5-7(8)11(18)15-10-4-3-9(13)16-17-10/h1-5H,(H,15,17,18). The highest BCUT2D eigenvalue weighted by molar-refractivity contribution is 9.10. The SMILES string of the molecule is O=C(Nc1ccc(Cl)nn1)c1cc(F)ccc1Br. The first-order valence-corrected chi connectivity index (χ1v) is 5.99. The first-order valence-electron chi connectivity index (χ1n) is 4.82. The van der Waals surface area contributed by atoms with Crippen molar-refractivity contribution in [3.8, 4) is 0 Å². The normalized spacial score (nSPS) is 10.2. The quantitative estimate of drug-likeness (QED) is 0.919. The Morgan fingerprint density at radius 1 is 1.28 bits per heavy atom. The molecule has 1 aromatic heterocycles. The number of nitrogens with one attached hydrogen (secondary N) is 1. The van der Waals surface area contributed by atoms with Gasteiger partial charge in [0.2, 0.25) is 0 Å². The van der Waals surface area contributed by atoms with E-state index in [4.69, 9.17) is 11.6 Å². The molecule has 1 heterocycles. The minimum absolute atomic E-state index is 0.173. The Bertz CT molecular complexity index is 591. The van der Waals surface area contributed by atoms with Crippen molar-refractivity contribution in [2.45, 2.75) is 0 Å². The summed E-state index contributed by atoms with van der Waals surface area (Å²) in [5.41, 5.74) is 0.173. The number of benzene rings is 1. The van der Waals surface area contributed by atoms with Gasteiger partial charge in [-0.15, -0.1) is 10.2 Å². The molecule has 0 aliphatic rings. The average molecular weight is 331 g/mol. The molecule has 0 radical (unpaired) electrons. The second-order valence-electron chi connectivity index (χ2n) is 3.32. The summed E-state index contributed by atoms with van der Waals surface area (Å²) >= 11 is 8.74. The predicted octanol–water partition coefficient (Wildman–Crippen LogP) is 3.28. The van der Waals surface area contributed by atoms with Crippen LogP contribution in [0.3, 0.4) is 0 Å². The van der Waals surface area contributed by atoms with E-state index in [1.54, 1.807) is 0 Å². The van der Waals surface area contributed by atoms with Gasteiger partial charge < -0.3 is 5.32 Å². The van der Waals surface area contributed by atoms with E-state index in [9.17, 15) is 9.18 Å². The van der Waals surface area contributed by atoms with Gasteiger partial charge in [0.15, 0.2) is 11.0 Å². The van der Waals surface area contributed by atoms with Gasteiger partial charge in [0.25, 0.3) is 5.91 Å². The van der Waals surface area contributed by atoms with E-state index in [-0.39, 0.29) is 16.5 Å². The Morgan fingerprint density at radius 2 is 2.06 bits per heavy atom. The molecule has 92 valence electrons. The van der Waals surface area contributed by atoms with Crippen molar-refractivity contribution in [1.82, 2.24) is 10.2 Å². The molecule has 18 heavy (non-hydrogen) atoms. The number of anilines is 1. The van der Waals surface area contributed by atoms with Crippen LogP contribution in [0, 0.1) is 5.82 Å². The van der Waals surface area contributed by atoms with Crippen LogP contribution in [-0.4, -0.2) is 16.1 Å². The Morgan fingerprint density at radius 3 is 2.72 bits per heavy atom. The minimum Gasteiger partial charge on any atom is -0.305 e. The molecule has 4 nitrogen and oxygen atoms in total. The van der Waals surface area contributed by atoms with Gasteiger partial charge in [-0.2, -0.15) is 0 Å². The molecule has 0 saturated carbocycles. The number of hydrogen-bond donors (Lipinski definition) is 1. The molecule has 0 bridgehead atoms. The second-order valence-corrected chi connectivity index (χ2v) is 4.56. The Labute approximate surface area is 115 Å². The number of nitrogens with zero attached hydrogens (tertiary/aromatic N) is 2. The molecule has 0 aliphatic carbocycles. The third-order valence-corrected chi connectivity index (χ3v) is 2.94. The highest BCUT2D eigenvalue weighted by atomic mass is 79.9. The van der Waals surface area contributed by atoms with E-state index >= 15 is 0 Å². The lowest BCUT2D eigenvalue weighted by atomic mass is 10.2. The van der Waals surface area contributed by atoms with Crippen molar-refractivity contribution in [2.75, 3.05) is 5.32 Å². The molecule has 1 amide bonds. The van der Waals surface area contributed by atoms with E-state index < -0.39 is 11.7 Å². The van der Waals surface area contributed by atoms with Crippen molar-refractivity contribution in [3.05, 3.63) is 51.3 Å². The minimum atomic E-state index is -0.495. The molecular weight excluding hydrogens is 324 g/mol. The van der Waals surface area contributed by atoms with Crippen LogP contribution in [0.1, 0.15) is 10.4 Å². The fraction of sp³-hybridized carbons (Fsp3) is 0. The molecule has 0 unspecified atom stereocenters. The monoisotopic (exact) mass is 329 g/mol. The van der Waals surface area contributed by atoms with E-state index in [2.05, 4.69) is 31.4 Å². The summed E-state index contributed by atoms with van der Waals surface area (Å²) in [5, 5.41) is 9.96. The molecule has 0 saturated heterocycles. The lowest BCUT2D eigenvalue weighted by Crippen LogP contribution is -2.14. The molecule has 1 aromatic carbocycles. The fourth-order valence-electron chi connectivity index (χ4n) is 1.24. The third kappa shape index (κ3) is 3.02. The summed E-state index contributed by atoms with van der Waals surface area (Å²) in [6.45, 7) is 0. The Balaban J connectivity index is 2.21. The average Bonchev–Trinajstić information content (AvgIpc) is 2.35. The van der Waals surface area contributed by atoms with E-state index in [0.29, 0.717) is 4.47 Å². The number of hydrogen-bond acceptors (Lipinski definition) is 3. The lowest BCUT2D eigenvalue weighted by molar-refractivity contribution is 0.102. The van der Waals surface area contributed by atoms with Crippen molar-refractivity contribution in [1.29, 1.82) is 0 Å². The van der Waals surface area contributed by atoms with Crippen molar-refractivity contribution in [2.24, 2.45) is 0 Å². The predicted molar refractivity (Wildman–Crippen MR) is 69.1 cm³/mol. The van der Waals surface area contributed by atoms with E-state index in [1.807, 2.05) is 0 Å². The van der Waals surface area contributed by atoms with Gasteiger partial charge in [0.1, 0.15) is 5.82 Å². The lowest BCUT2D eigenvalue weighted by Gasteiger charge is -2.05. The molecule has 2 rings (SSSR count). The molecule has 7 heteroatoms. The zero-order valence-electron chi connectivity index (χ0n) is 8.82. The molecule has 1 N–H and O–H groups in total. The van der Waals surface area contributed by atoms with Crippen LogP contribution in [0.4, 0.5) is 10.2 Å². The first-order chi connectivity index (χ1) is 8.56. The molecular formula is C11H6BrClFN3O. The van der Waals surface area contributed by atoms with Gasteiger partial charge in [0.05, 0.1) is 5.56 Å². The van der Waals surface area contributed by atoms with E-state index in [0.717, 1.165) is 6.07 Å². The zero-order valence-corrected chi connectivity index (χ0v) is 11.2. The highest BCUT2D eigenvalue weighted by Gasteiger charge is 2.12. The van der Waals surface area contributed by atoms with Crippen molar-refractivity contribution < 1.29 is 9.18 Å². The summed E-state index contributed by atoms with van der Waals surface area (Å²) in [5.74, 6) is -0.746. The zero-order chi connectivity index (χ0) is 13.1. The van der Waals surface area contributed by atoms with Crippen LogP contribution in [0.25, 0.3) is 0 Å². The van der Waals surface area contributed by atoms with Gasteiger partial charge in [0, 0.05) is 4.47 Å². The molecule has 0 spiro atoms. The van der Waals surface area contributed by atoms with Crippen LogP contribution in [-0.2, 0) is 0 Å². The van der Waals surface area contributed by atoms with Crippen LogP contribution >= 0.6 is 27.5 Å². The second kappa shape index (κ2) is 5.41. The van der Waals surface area contributed by atoms with Crippen LogP contribution in [0.5, 0.6) is 0 Å². The highest BCUT2D eigenvalue weighted by Crippen LogP contribution is 2.19. The number of carbonyl (C=O) groups is 1. The van der Waals surface area contributed by atoms with Crippen LogP contribution in [0.2, 0.25) is 5.15 Å². The summed E-state index contributed by atoms with van der Waals surface area (Å²) in [6, 6.07) is 6.83. The molecule has 0 aliphatic heterocycles. The number of aromatic nitrogens is 2. The molecule has 0 fully saturated rings. The Kier molecular flexibility index (Phi) is 3.88. The van der Waals surface area contributed by atoms with Gasteiger partial charge in [-0.05, 0) is 46.3 Å². The largest absolute Gasteiger partial charge is 0.305 e. The molecule has 0 atom stereocenters. The van der Waals surface area contributed by atoms with Crippen molar-refractivity contribution >= 4 is 39.3 Å². The number of halogens is 3. The van der Waals surface area contributed by atoms with Crippen molar-refractivity contribution in [3.63, 3.8) is 0 Å². The summed E-state index contributed by atoms with van der Waals surface area (Å²) < 4.78 is 13.5. The van der Waals surface area contributed by atoms with Gasteiger partial charge >= 0.3 is 0 Å². The van der Waals surface area contributed by atoms with Gasteiger partial charge in [-0.25, -0.2) is 4.39 Å². The van der Waals surface area contributed by atoms with Gasteiger partial charge in [-0.1, -0.05) is 11.6 Å². The third-order valence-electron chi connectivity index (χ3n) is 2.05. The maximum atomic E-state index is 13.1. The summed E-state index contributed by atoms with van der Waals surface area (Å²) in [7, 11) is 0. The van der Waals surface area contributed by atoms with Crippen LogP contribution in [0.15, 0.2) is 34.8 Å². The maximum absolute atomic E-state index is 13.1. The number of amides is 1. The smallest absolute Gasteiger partial charge is 0.258 e. The Hall–Kier alpha value is -1.53. The fourth-order valence-corrected chi connectivity index (χ4v) is 1.77. The summed E-state index contributed by atoms with van der Waals surface area (Å²) in [4.78, 5) is 11.9.